The predicted molar refractivity (Wildman–Crippen MR) is 118 cm³/mol. The number of carbonyl (C=O) groups is 1. The van der Waals surface area contributed by atoms with E-state index in [-0.39, 0.29) is 23.3 Å². The molecule has 2 aromatic carbocycles. The van der Waals surface area contributed by atoms with Gasteiger partial charge in [0.05, 0.1) is 28.4 Å². The van der Waals surface area contributed by atoms with Gasteiger partial charge >= 0.3 is 0 Å². The van der Waals surface area contributed by atoms with Crippen molar-refractivity contribution in [2.45, 2.75) is 43.3 Å². The molecule has 0 saturated heterocycles. The second-order valence-corrected chi connectivity index (χ2v) is 8.30. The number of benzene rings is 2. The summed E-state index contributed by atoms with van der Waals surface area (Å²) < 4.78 is 1.52. The summed E-state index contributed by atoms with van der Waals surface area (Å²) in [5.74, 6) is 0.0381. The van der Waals surface area contributed by atoms with E-state index in [4.69, 9.17) is 5.26 Å². The Morgan fingerprint density at radius 3 is 2.67 bits per heavy atom. The molecule has 1 amide bonds. The summed E-state index contributed by atoms with van der Waals surface area (Å²) in [6.45, 7) is 0. The standard InChI is InChI=1S/C23H22N4O2S/c24-13-14-30-23-26-20-15-16(21(28)25-17-7-3-1-4-8-17)11-12-19(20)22(29)27(23)18-9-5-2-6-10-18/h2,5-6,9-12,15,17H,1,3-4,7-8,14H2,(H,25,28). The number of hydrogen-bond donors (Lipinski definition) is 1. The van der Waals surface area contributed by atoms with Gasteiger partial charge in [-0.2, -0.15) is 5.26 Å². The molecule has 1 aromatic heterocycles. The molecule has 1 aliphatic carbocycles. The van der Waals surface area contributed by atoms with Gasteiger partial charge in [-0.05, 0) is 43.2 Å². The second kappa shape index (κ2) is 9.14. The first-order valence-electron chi connectivity index (χ1n) is 10.1. The zero-order chi connectivity index (χ0) is 20.9. The SMILES string of the molecule is N#CCSc1nc2cc(C(=O)NC3CCCCC3)ccc2c(=O)n1-c1ccccc1. The van der Waals surface area contributed by atoms with Gasteiger partial charge in [-0.3, -0.25) is 14.2 Å². The van der Waals surface area contributed by atoms with Gasteiger partial charge < -0.3 is 5.32 Å². The van der Waals surface area contributed by atoms with E-state index in [1.165, 1.54) is 22.7 Å². The minimum atomic E-state index is -0.217. The van der Waals surface area contributed by atoms with Crippen LogP contribution in [0, 0.1) is 11.3 Å². The fourth-order valence-corrected chi connectivity index (χ4v) is 4.49. The number of hydrogen-bond acceptors (Lipinski definition) is 5. The Bertz CT molecular complexity index is 1160. The number of nitriles is 1. The Morgan fingerprint density at radius 1 is 1.17 bits per heavy atom. The molecular formula is C23H22N4O2S. The lowest BCUT2D eigenvalue weighted by atomic mass is 9.95. The zero-order valence-corrected chi connectivity index (χ0v) is 17.3. The summed E-state index contributed by atoms with van der Waals surface area (Å²) in [4.78, 5) is 30.6. The summed E-state index contributed by atoms with van der Waals surface area (Å²) in [6.07, 6.45) is 5.52. The van der Waals surface area contributed by atoms with E-state index >= 15 is 0 Å². The molecule has 1 fully saturated rings. The Balaban J connectivity index is 1.74. The molecule has 0 spiro atoms. The van der Waals surface area contributed by atoms with Crippen LogP contribution in [-0.2, 0) is 0 Å². The van der Waals surface area contributed by atoms with Crippen molar-refractivity contribution in [1.82, 2.24) is 14.9 Å². The van der Waals surface area contributed by atoms with Crippen molar-refractivity contribution in [2.75, 3.05) is 5.75 Å². The van der Waals surface area contributed by atoms with Gasteiger partial charge in [0, 0.05) is 11.6 Å². The van der Waals surface area contributed by atoms with Crippen LogP contribution in [0.1, 0.15) is 42.5 Å². The maximum atomic E-state index is 13.2. The van der Waals surface area contributed by atoms with Crippen LogP contribution < -0.4 is 10.9 Å². The van der Waals surface area contributed by atoms with Gasteiger partial charge in [0.25, 0.3) is 11.5 Å². The lowest BCUT2D eigenvalue weighted by Crippen LogP contribution is -2.36. The van der Waals surface area contributed by atoms with E-state index in [0.29, 0.717) is 27.3 Å². The van der Waals surface area contributed by atoms with Crippen LogP contribution in [0.25, 0.3) is 16.6 Å². The normalized spacial score (nSPS) is 14.4. The number of nitrogens with one attached hydrogen (secondary N) is 1. The van der Waals surface area contributed by atoms with Gasteiger partial charge in [0.2, 0.25) is 0 Å². The van der Waals surface area contributed by atoms with Crippen LogP contribution in [0.5, 0.6) is 0 Å². The van der Waals surface area contributed by atoms with E-state index in [1.807, 2.05) is 30.3 Å². The lowest BCUT2D eigenvalue weighted by molar-refractivity contribution is 0.0928. The molecule has 30 heavy (non-hydrogen) atoms. The molecule has 0 aliphatic heterocycles. The minimum Gasteiger partial charge on any atom is -0.349 e. The first-order chi connectivity index (χ1) is 14.7. The monoisotopic (exact) mass is 418 g/mol. The summed E-state index contributed by atoms with van der Waals surface area (Å²) in [7, 11) is 0. The number of carbonyl (C=O) groups excluding carboxylic acids is 1. The van der Waals surface area contributed by atoms with Gasteiger partial charge in [-0.25, -0.2) is 4.98 Å². The van der Waals surface area contributed by atoms with Crippen molar-refractivity contribution < 1.29 is 4.79 Å². The van der Waals surface area contributed by atoms with Crippen molar-refractivity contribution in [3.8, 4) is 11.8 Å². The smallest absolute Gasteiger partial charge is 0.266 e. The third kappa shape index (κ3) is 4.24. The molecule has 0 unspecified atom stereocenters. The first kappa shape index (κ1) is 20.2. The van der Waals surface area contributed by atoms with E-state index < -0.39 is 0 Å². The molecule has 0 radical (unpaired) electrons. The predicted octanol–water partition coefficient (Wildman–Crippen LogP) is 4.06. The molecule has 4 rings (SSSR count). The molecule has 1 saturated carbocycles. The summed E-state index contributed by atoms with van der Waals surface area (Å²) >= 11 is 1.20. The quantitative estimate of drug-likeness (QED) is 0.499. The van der Waals surface area contributed by atoms with E-state index in [0.717, 1.165) is 25.7 Å². The highest BCUT2D eigenvalue weighted by Gasteiger charge is 2.18. The average molecular weight is 419 g/mol. The van der Waals surface area contributed by atoms with Crippen LogP contribution in [0.3, 0.4) is 0 Å². The third-order valence-corrected chi connectivity index (χ3v) is 6.13. The van der Waals surface area contributed by atoms with Gasteiger partial charge in [-0.15, -0.1) is 0 Å². The molecule has 0 atom stereocenters. The first-order valence-corrected chi connectivity index (χ1v) is 11.1. The maximum absolute atomic E-state index is 13.2. The fourth-order valence-electron chi connectivity index (χ4n) is 3.82. The number of aromatic nitrogens is 2. The average Bonchev–Trinajstić information content (AvgIpc) is 2.78. The summed E-state index contributed by atoms with van der Waals surface area (Å²) in [5.41, 5.74) is 1.43. The summed E-state index contributed by atoms with van der Waals surface area (Å²) in [5, 5.41) is 13.0. The number of rotatable bonds is 5. The topological polar surface area (TPSA) is 87.8 Å². The van der Waals surface area contributed by atoms with Crippen LogP contribution in [0.2, 0.25) is 0 Å². The number of nitrogens with zero attached hydrogens (tertiary/aromatic N) is 3. The highest BCUT2D eigenvalue weighted by Crippen LogP contribution is 2.22. The van der Waals surface area contributed by atoms with Crippen LogP contribution >= 0.6 is 11.8 Å². The number of amides is 1. The van der Waals surface area contributed by atoms with Gasteiger partial charge in [0.15, 0.2) is 5.16 Å². The number of thioether (sulfide) groups is 1. The van der Waals surface area contributed by atoms with Crippen LogP contribution in [0.4, 0.5) is 0 Å². The molecule has 3 aromatic rings. The van der Waals surface area contributed by atoms with Crippen LogP contribution in [-0.4, -0.2) is 27.3 Å². The number of para-hydroxylation sites is 1. The summed E-state index contributed by atoms with van der Waals surface area (Å²) in [6, 6.07) is 16.5. The second-order valence-electron chi connectivity index (χ2n) is 7.36. The van der Waals surface area contributed by atoms with E-state index in [1.54, 1.807) is 18.2 Å². The van der Waals surface area contributed by atoms with Gasteiger partial charge in [-0.1, -0.05) is 49.2 Å². The highest BCUT2D eigenvalue weighted by molar-refractivity contribution is 7.99. The Labute approximate surface area is 178 Å². The third-order valence-electron chi connectivity index (χ3n) is 5.32. The fraction of sp³-hybridized carbons (Fsp3) is 0.304. The Kier molecular flexibility index (Phi) is 6.15. The van der Waals surface area contributed by atoms with E-state index in [9.17, 15) is 9.59 Å². The zero-order valence-electron chi connectivity index (χ0n) is 16.5. The molecule has 6 nitrogen and oxygen atoms in total. The van der Waals surface area contributed by atoms with Gasteiger partial charge in [0.1, 0.15) is 0 Å². The Hall–Kier alpha value is -3.11. The van der Waals surface area contributed by atoms with Crippen molar-refractivity contribution >= 4 is 28.6 Å². The molecule has 1 N–H and O–H groups in total. The highest BCUT2D eigenvalue weighted by atomic mass is 32.2. The minimum absolute atomic E-state index is 0.135. The van der Waals surface area contributed by atoms with Crippen LogP contribution in [0.15, 0.2) is 58.5 Å². The van der Waals surface area contributed by atoms with E-state index in [2.05, 4.69) is 16.4 Å². The Morgan fingerprint density at radius 2 is 1.93 bits per heavy atom. The molecule has 152 valence electrons. The molecular weight excluding hydrogens is 396 g/mol. The number of fused-ring (bicyclic) bond motifs is 1. The lowest BCUT2D eigenvalue weighted by Gasteiger charge is -2.22. The molecule has 1 aliphatic rings. The van der Waals surface area contributed by atoms with Crippen molar-refractivity contribution in [2.24, 2.45) is 0 Å². The van der Waals surface area contributed by atoms with Crippen molar-refractivity contribution in [3.63, 3.8) is 0 Å². The molecule has 1 heterocycles. The molecule has 0 bridgehead atoms. The van der Waals surface area contributed by atoms with Crippen molar-refractivity contribution in [3.05, 3.63) is 64.4 Å². The van der Waals surface area contributed by atoms with Crippen molar-refractivity contribution in [1.29, 1.82) is 5.26 Å². The maximum Gasteiger partial charge on any atom is 0.266 e. The molecule has 7 heteroatoms. The largest absolute Gasteiger partial charge is 0.349 e.